The Bertz CT molecular complexity index is 766. The number of anilines is 1. The molecule has 0 bridgehead atoms. The lowest BCUT2D eigenvalue weighted by atomic mass is 9.91. The maximum atomic E-state index is 12.4. The monoisotopic (exact) mass is 294 g/mol. The Hall–Kier alpha value is -2.23. The summed E-state index contributed by atoms with van der Waals surface area (Å²) in [5, 5.41) is 0.923. The number of carbonyl (C=O) groups is 2. The molecule has 1 fully saturated rings. The lowest BCUT2D eigenvalue weighted by Crippen LogP contribution is -2.41. The maximum absolute atomic E-state index is 12.4. The van der Waals surface area contributed by atoms with E-state index in [1.165, 1.54) is 4.90 Å². The molecule has 0 radical (unpaired) electrons. The minimum atomic E-state index is -0.0691. The first-order chi connectivity index (χ1) is 10.8. The molecule has 1 aromatic heterocycles. The van der Waals surface area contributed by atoms with Crippen LogP contribution in [-0.2, 0) is 22.4 Å². The summed E-state index contributed by atoms with van der Waals surface area (Å²) < 4.78 is 0. The van der Waals surface area contributed by atoms with E-state index in [0.29, 0.717) is 19.3 Å². The fourth-order valence-electron chi connectivity index (χ4n) is 3.61. The predicted octanol–water partition coefficient (Wildman–Crippen LogP) is 3.16. The van der Waals surface area contributed by atoms with Crippen LogP contribution in [0.15, 0.2) is 24.3 Å². The van der Waals surface area contributed by atoms with Crippen LogP contribution >= 0.6 is 0 Å². The van der Waals surface area contributed by atoms with E-state index in [9.17, 15) is 9.59 Å². The number of pyridine rings is 1. The molecule has 2 heterocycles. The summed E-state index contributed by atoms with van der Waals surface area (Å²) in [4.78, 5) is 31.1. The second-order valence-electron chi connectivity index (χ2n) is 6.09. The lowest BCUT2D eigenvalue weighted by Gasteiger charge is -2.30. The number of aryl methyl sites for hydroxylation is 1. The molecule has 0 spiro atoms. The van der Waals surface area contributed by atoms with Gasteiger partial charge in [-0.3, -0.25) is 14.6 Å². The number of aromatic nitrogens is 1. The van der Waals surface area contributed by atoms with Crippen LogP contribution in [0.25, 0.3) is 10.9 Å². The second-order valence-corrected chi connectivity index (χ2v) is 6.09. The van der Waals surface area contributed by atoms with Gasteiger partial charge in [0.25, 0.3) is 0 Å². The van der Waals surface area contributed by atoms with Gasteiger partial charge in [0, 0.05) is 23.9 Å². The van der Waals surface area contributed by atoms with E-state index < -0.39 is 0 Å². The van der Waals surface area contributed by atoms with Crippen LogP contribution in [0.2, 0.25) is 0 Å². The molecule has 0 N–H and O–H groups in total. The van der Waals surface area contributed by atoms with Gasteiger partial charge in [0.2, 0.25) is 11.8 Å². The summed E-state index contributed by atoms with van der Waals surface area (Å²) in [5.74, 6) is -0.138. The van der Waals surface area contributed by atoms with Crippen molar-refractivity contribution in [1.82, 2.24) is 4.98 Å². The number of fused-ring (bicyclic) bond motifs is 2. The van der Waals surface area contributed by atoms with Gasteiger partial charge in [-0.15, -0.1) is 0 Å². The Balaban J connectivity index is 2.02. The van der Waals surface area contributed by atoms with Crippen LogP contribution in [0.3, 0.4) is 0 Å². The van der Waals surface area contributed by atoms with E-state index in [1.54, 1.807) is 0 Å². The quantitative estimate of drug-likeness (QED) is 0.759. The Labute approximate surface area is 129 Å². The van der Waals surface area contributed by atoms with Gasteiger partial charge in [0.15, 0.2) is 0 Å². The van der Waals surface area contributed by atoms with Gasteiger partial charge in [-0.25, -0.2) is 4.90 Å². The van der Waals surface area contributed by atoms with Gasteiger partial charge in [-0.1, -0.05) is 18.2 Å². The number of para-hydroxylation sites is 1. The molecule has 4 rings (SSSR count). The van der Waals surface area contributed by atoms with E-state index in [4.69, 9.17) is 4.98 Å². The molecule has 2 aliphatic rings. The van der Waals surface area contributed by atoms with Crippen molar-refractivity contribution in [2.45, 2.75) is 44.9 Å². The van der Waals surface area contributed by atoms with Crippen LogP contribution in [-0.4, -0.2) is 16.8 Å². The van der Waals surface area contributed by atoms with Crippen molar-refractivity contribution in [3.63, 3.8) is 0 Å². The molecular formula is C18H18N2O2. The third-order valence-electron chi connectivity index (χ3n) is 4.64. The SMILES string of the molecule is O=C1CCCC(=O)N1c1c2c(nc3ccccc13)CCCC2. The molecule has 1 saturated heterocycles. The van der Waals surface area contributed by atoms with Crippen molar-refractivity contribution in [3.8, 4) is 0 Å². The second kappa shape index (κ2) is 5.20. The zero-order valence-corrected chi connectivity index (χ0v) is 12.5. The largest absolute Gasteiger partial charge is 0.274 e. The Morgan fingerprint density at radius 2 is 1.59 bits per heavy atom. The molecule has 0 unspecified atom stereocenters. The van der Waals surface area contributed by atoms with Crippen LogP contribution in [0.1, 0.15) is 43.4 Å². The van der Waals surface area contributed by atoms with Crippen molar-refractivity contribution >= 4 is 28.4 Å². The molecule has 1 aliphatic heterocycles. The summed E-state index contributed by atoms with van der Waals surface area (Å²) in [6, 6.07) is 7.84. The minimum Gasteiger partial charge on any atom is -0.274 e. The van der Waals surface area contributed by atoms with Gasteiger partial charge in [0.1, 0.15) is 0 Å². The highest BCUT2D eigenvalue weighted by molar-refractivity contribution is 6.20. The zero-order valence-electron chi connectivity index (χ0n) is 12.5. The van der Waals surface area contributed by atoms with Crippen molar-refractivity contribution in [2.24, 2.45) is 0 Å². The van der Waals surface area contributed by atoms with E-state index in [2.05, 4.69) is 0 Å². The number of benzene rings is 1. The lowest BCUT2D eigenvalue weighted by molar-refractivity contribution is -0.129. The molecule has 112 valence electrons. The third-order valence-corrected chi connectivity index (χ3v) is 4.64. The number of amides is 2. The van der Waals surface area contributed by atoms with E-state index in [-0.39, 0.29) is 11.8 Å². The summed E-state index contributed by atoms with van der Waals surface area (Å²) in [5.41, 5.74) is 3.86. The van der Waals surface area contributed by atoms with E-state index >= 15 is 0 Å². The maximum Gasteiger partial charge on any atom is 0.233 e. The van der Waals surface area contributed by atoms with Crippen LogP contribution < -0.4 is 4.90 Å². The van der Waals surface area contributed by atoms with E-state index in [0.717, 1.165) is 53.5 Å². The minimum absolute atomic E-state index is 0.0691. The Morgan fingerprint density at radius 3 is 2.41 bits per heavy atom. The molecule has 4 nitrogen and oxygen atoms in total. The number of imide groups is 1. The summed E-state index contributed by atoms with van der Waals surface area (Å²) in [6.45, 7) is 0. The van der Waals surface area contributed by atoms with Crippen molar-refractivity contribution in [1.29, 1.82) is 0 Å². The van der Waals surface area contributed by atoms with Gasteiger partial charge in [-0.05, 0) is 43.7 Å². The molecular weight excluding hydrogens is 276 g/mol. The number of hydrogen-bond donors (Lipinski definition) is 0. The fourth-order valence-corrected chi connectivity index (χ4v) is 3.61. The van der Waals surface area contributed by atoms with Crippen LogP contribution in [0, 0.1) is 0 Å². The standard InChI is InChI=1S/C18H18N2O2/c21-16-10-5-11-17(22)20(16)18-12-6-1-3-8-14(12)19-15-9-4-2-7-13(15)18/h1,3,6,8H,2,4-5,7,9-11H2. The predicted molar refractivity (Wildman–Crippen MR) is 84.7 cm³/mol. The first-order valence-electron chi connectivity index (χ1n) is 8.02. The number of hydrogen-bond acceptors (Lipinski definition) is 3. The van der Waals surface area contributed by atoms with Gasteiger partial charge in [-0.2, -0.15) is 0 Å². The summed E-state index contributed by atoms with van der Waals surface area (Å²) in [7, 11) is 0. The molecule has 2 amide bonds. The highest BCUT2D eigenvalue weighted by atomic mass is 16.2. The summed E-state index contributed by atoms with van der Waals surface area (Å²) >= 11 is 0. The first-order valence-corrected chi connectivity index (χ1v) is 8.02. The van der Waals surface area contributed by atoms with Crippen molar-refractivity contribution < 1.29 is 9.59 Å². The Kier molecular flexibility index (Phi) is 3.17. The van der Waals surface area contributed by atoms with Gasteiger partial charge >= 0.3 is 0 Å². The molecule has 1 aliphatic carbocycles. The highest BCUT2D eigenvalue weighted by Gasteiger charge is 2.32. The fraction of sp³-hybridized carbons (Fsp3) is 0.389. The molecule has 1 aromatic carbocycles. The molecule has 0 atom stereocenters. The average Bonchev–Trinajstić information content (AvgIpc) is 2.54. The topological polar surface area (TPSA) is 50.3 Å². The first kappa shape index (κ1) is 13.4. The van der Waals surface area contributed by atoms with Gasteiger partial charge in [0.05, 0.1) is 11.2 Å². The number of rotatable bonds is 1. The molecule has 2 aromatic rings. The molecule has 22 heavy (non-hydrogen) atoms. The van der Waals surface area contributed by atoms with Crippen LogP contribution in [0.5, 0.6) is 0 Å². The van der Waals surface area contributed by atoms with Gasteiger partial charge < -0.3 is 0 Å². The van der Waals surface area contributed by atoms with Crippen LogP contribution in [0.4, 0.5) is 5.69 Å². The summed E-state index contributed by atoms with van der Waals surface area (Å²) in [6.07, 6.45) is 5.63. The Morgan fingerprint density at radius 1 is 0.864 bits per heavy atom. The van der Waals surface area contributed by atoms with E-state index in [1.807, 2.05) is 24.3 Å². The highest BCUT2D eigenvalue weighted by Crippen LogP contribution is 2.37. The molecule has 0 saturated carbocycles. The van der Waals surface area contributed by atoms with Crippen molar-refractivity contribution in [2.75, 3.05) is 4.90 Å². The number of nitrogens with zero attached hydrogens (tertiary/aromatic N) is 2. The molecule has 4 heteroatoms. The zero-order chi connectivity index (χ0) is 15.1. The smallest absolute Gasteiger partial charge is 0.233 e. The normalized spacial score (nSPS) is 18.6. The number of piperidine rings is 1. The third kappa shape index (κ3) is 2.02. The number of carbonyl (C=O) groups excluding carboxylic acids is 2. The average molecular weight is 294 g/mol. The van der Waals surface area contributed by atoms with Crippen molar-refractivity contribution in [3.05, 3.63) is 35.5 Å².